The highest BCUT2D eigenvalue weighted by Gasteiger charge is 2.18. The number of Topliss-reactive ketones (excluding diaryl/α,β-unsaturated/α-hetero) is 1. The molecule has 3 nitrogen and oxygen atoms in total. The quantitative estimate of drug-likeness (QED) is 0.756. The first-order valence-electron chi connectivity index (χ1n) is 5.79. The zero-order valence-electron chi connectivity index (χ0n) is 10.5. The lowest BCUT2D eigenvalue weighted by molar-refractivity contribution is 0.102. The van der Waals surface area contributed by atoms with Crippen LogP contribution >= 0.6 is 11.6 Å². The number of hydrogen-bond acceptors (Lipinski definition) is 3. The molecule has 1 aromatic carbocycles. The summed E-state index contributed by atoms with van der Waals surface area (Å²) in [5.74, 6) is -0.438. The molecule has 0 saturated carbocycles. The Kier molecular flexibility index (Phi) is 5.35. The summed E-state index contributed by atoms with van der Waals surface area (Å²) < 4.78 is 23.5. The van der Waals surface area contributed by atoms with Gasteiger partial charge in [0.15, 0.2) is 15.6 Å². The molecule has 0 aliphatic heterocycles. The van der Waals surface area contributed by atoms with Crippen molar-refractivity contribution >= 4 is 27.2 Å². The van der Waals surface area contributed by atoms with Crippen LogP contribution in [0.4, 0.5) is 0 Å². The standard InChI is InChI=1S/C13H17ClO3S/c1-10(2)7-8-18(16,17)9-13(15)11-3-5-12(14)6-4-11/h3-6,10H,7-9H2,1-2H3. The third-order valence-corrected chi connectivity index (χ3v) is 4.34. The maximum Gasteiger partial charge on any atom is 0.177 e. The first-order chi connectivity index (χ1) is 8.30. The fourth-order valence-corrected chi connectivity index (χ4v) is 3.07. The molecule has 0 N–H and O–H groups in total. The van der Waals surface area contributed by atoms with E-state index in [4.69, 9.17) is 11.6 Å². The lowest BCUT2D eigenvalue weighted by Gasteiger charge is -2.06. The summed E-state index contributed by atoms with van der Waals surface area (Å²) in [5, 5.41) is 0.522. The summed E-state index contributed by atoms with van der Waals surface area (Å²) in [4.78, 5) is 11.8. The Morgan fingerprint density at radius 2 is 1.78 bits per heavy atom. The smallest absolute Gasteiger partial charge is 0.177 e. The van der Waals surface area contributed by atoms with Gasteiger partial charge in [0.05, 0.1) is 5.75 Å². The number of sulfone groups is 1. The molecule has 5 heteroatoms. The molecular formula is C13H17ClO3S. The molecule has 0 unspecified atom stereocenters. The summed E-state index contributed by atoms with van der Waals surface area (Å²) in [7, 11) is -3.32. The minimum absolute atomic E-state index is 0.0595. The number of ketones is 1. The van der Waals surface area contributed by atoms with Gasteiger partial charge < -0.3 is 0 Å². The van der Waals surface area contributed by atoms with Gasteiger partial charge in [-0.15, -0.1) is 0 Å². The van der Waals surface area contributed by atoms with E-state index in [0.29, 0.717) is 22.9 Å². The highest BCUT2D eigenvalue weighted by atomic mass is 35.5. The number of rotatable bonds is 6. The molecule has 0 aliphatic carbocycles. The molecule has 0 aromatic heterocycles. The Hall–Kier alpha value is -0.870. The second-order valence-corrected chi connectivity index (χ2v) is 7.33. The maximum absolute atomic E-state index is 11.8. The van der Waals surface area contributed by atoms with E-state index in [0.717, 1.165) is 0 Å². The average molecular weight is 289 g/mol. The van der Waals surface area contributed by atoms with E-state index >= 15 is 0 Å². The predicted molar refractivity (Wildman–Crippen MR) is 73.9 cm³/mol. The maximum atomic E-state index is 11.8. The normalized spacial score (nSPS) is 11.8. The zero-order valence-corrected chi connectivity index (χ0v) is 12.1. The van der Waals surface area contributed by atoms with Crippen molar-refractivity contribution in [1.82, 2.24) is 0 Å². The number of halogens is 1. The van der Waals surface area contributed by atoms with Crippen LogP contribution in [0.2, 0.25) is 5.02 Å². The van der Waals surface area contributed by atoms with E-state index in [9.17, 15) is 13.2 Å². The lowest BCUT2D eigenvalue weighted by atomic mass is 10.1. The molecule has 1 aromatic rings. The first-order valence-corrected chi connectivity index (χ1v) is 7.99. The van der Waals surface area contributed by atoms with E-state index in [2.05, 4.69) is 0 Å². The van der Waals surface area contributed by atoms with Gasteiger partial charge in [0, 0.05) is 10.6 Å². The Morgan fingerprint density at radius 1 is 1.22 bits per heavy atom. The molecule has 0 aliphatic rings. The highest BCUT2D eigenvalue weighted by molar-refractivity contribution is 7.92. The van der Waals surface area contributed by atoms with Crippen LogP contribution in [-0.2, 0) is 9.84 Å². The van der Waals surface area contributed by atoms with Crippen molar-refractivity contribution in [2.45, 2.75) is 20.3 Å². The van der Waals surface area contributed by atoms with Crippen molar-refractivity contribution in [3.8, 4) is 0 Å². The van der Waals surface area contributed by atoms with Crippen molar-refractivity contribution in [2.75, 3.05) is 11.5 Å². The van der Waals surface area contributed by atoms with Crippen molar-refractivity contribution in [1.29, 1.82) is 0 Å². The van der Waals surface area contributed by atoms with E-state index in [1.807, 2.05) is 13.8 Å². The highest BCUT2D eigenvalue weighted by Crippen LogP contribution is 2.11. The van der Waals surface area contributed by atoms with Crippen LogP contribution in [0.25, 0.3) is 0 Å². The number of carbonyl (C=O) groups excluding carboxylic acids is 1. The van der Waals surface area contributed by atoms with Gasteiger partial charge >= 0.3 is 0 Å². The molecule has 1 rings (SSSR count). The van der Waals surface area contributed by atoms with Gasteiger partial charge in [0.1, 0.15) is 5.75 Å². The van der Waals surface area contributed by atoms with Crippen molar-refractivity contribution in [2.24, 2.45) is 5.92 Å². The molecule has 0 spiro atoms. The van der Waals surface area contributed by atoms with Gasteiger partial charge in [-0.05, 0) is 36.6 Å². The fourth-order valence-electron chi connectivity index (χ4n) is 1.41. The summed E-state index contributed by atoms with van der Waals surface area (Å²) >= 11 is 5.70. The van der Waals surface area contributed by atoms with E-state index < -0.39 is 15.6 Å². The second kappa shape index (κ2) is 6.34. The van der Waals surface area contributed by atoms with Crippen LogP contribution in [0.15, 0.2) is 24.3 Å². The number of hydrogen-bond donors (Lipinski definition) is 0. The van der Waals surface area contributed by atoms with Gasteiger partial charge in [-0.2, -0.15) is 0 Å². The molecular weight excluding hydrogens is 272 g/mol. The molecule has 0 radical (unpaired) electrons. The van der Waals surface area contributed by atoms with E-state index in [1.165, 1.54) is 0 Å². The Balaban J connectivity index is 2.67. The summed E-state index contributed by atoms with van der Waals surface area (Å²) in [6.45, 7) is 3.91. The third kappa shape index (κ3) is 5.19. The second-order valence-electron chi connectivity index (χ2n) is 4.70. The average Bonchev–Trinajstić information content (AvgIpc) is 2.27. The molecule has 0 heterocycles. The molecule has 0 fully saturated rings. The molecule has 0 amide bonds. The lowest BCUT2D eigenvalue weighted by Crippen LogP contribution is -2.19. The summed E-state index contributed by atoms with van der Waals surface area (Å²) in [6, 6.07) is 6.25. The topological polar surface area (TPSA) is 51.2 Å². The molecule has 18 heavy (non-hydrogen) atoms. The minimum Gasteiger partial charge on any atom is -0.293 e. The van der Waals surface area contributed by atoms with Crippen molar-refractivity contribution in [3.05, 3.63) is 34.9 Å². The Morgan fingerprint density at radius 3 is 2.28 bits per heavy atom. The van der Waals surface area contributed by atoms with Crippen LogP contribution in [0.5, 0.6) is 0 Å². The monoisotopic (exact) mass is 288 g/mol. The molecule has 100 valence electrons. The van der Waals surface area contributed by atoms with Crippen molar-refractivity contribution in [3.63, 3.8) is 0 Å². The van der Waals surface area contributed by atoms with Crippen LogP contribution < -0.4 is 0 Å². The van der Waals surface area contributed by atoms with Gasteiger partial charge in [-0.1, -0.05) is 25.4 Å². The third-order valence-electron chi connectivity index (χ3n) is 2.52. The predicted octanol–water partition coefficient (Wildman–Crippen LogP) is 2.98. The van der Waals surface area contributed by atoms with Gasteiger partial charge in [0.2, 0.25) is 0 Å². The molecule has 0 bridgehead atoms. The van der Waals surface area contributed by atoms with Crippen molar-refractivity contribution < 1.29 is 13.2 Å². The largest absolute Gasteiger partial charge is 0.293 e. The summed E-state index contributed by atoms with van der Waals surface area (Å²) in [6.07, 6.45) is 0.580. The van der Waals surface area contributed by atoms with Crippen LogP contribution in [0.3, 0.4) is 0 Å². The SMILES string of the molecule is CC(C)CCS(=O)(=O)CC(=O)c1ccc(Cl)cc1. The van der Waals surface area contributed by atoms with E-state index in [-0.39, 0.29) is 11.5 Å². The fraction of sp³-hybridized carbons (Fsp3) is 0.462. The Labute approximate surface area is 113 Å². The van der Waals surface area contributed by atoms with Gasteiger partial charge in [-0.3, -0.25) is 4.79 Å². The van der Waals surface area contributed by atoms with E-state index in [1.54, 1.807) is 24.3 Å². The van der Waals surface area contributed by atoms with Crippen LogP contribution in [-0.4, -0.2) is 25.7 Å². The summed E-state index contributed by atoms with van der Waals surface area (Å²) in [5.41, 5.74) is 0.382. The van der Waals surface area contributed by atoms with Gasteiger partial charge in [0.25, 0.3) is 0 Å². The van der Waals surface area contributed by atoms with Crippen LogP contribution in [0, 0.1) is 5.92 Å². The molecule has 0 atom stereocenters. The Bertz CT molecular complexity index is 504. The van der Waals surface area contributed by atoms with Gasteiger partial charge in [-0.25, -0.2) is 8.42 Å². The zero-order chi connectivity index (χ0) is 13.8. The minimum atomic E-state index is -3.32. The van der Waals surface area contributed by atoms with Crippen LogP contribution in [0.1, 0.15) is 30.6 Å². The number of carbonyl (C=O) groups is 1. The first kappa shape index (κ1) is 15.2. The molecule has 0 saturated heterocycles. The number of benzene rings is 1.